The SMILES string of the molecule is O=C(CSc1nc2cc(Cl)ccc2c2c1CCCC2)N1CCCc2ccccc21. The highest BCUT2D eigenvalue weighted by atomic mass is 35.5. The first-order chi connectivity index (χ1) is 14.2. The van der Waals surface area contributed by atoms with Crippen molar-refractivity contribution in [1.29, 1.82) is 0 Å². The Morgan fingerprint density at radius 1 is 1.03 bits per heavy atom. The van der Waals surface area contributed by atoms with E-state index in [2.05, 4.69) is 24.3 Å². The van der Waals surface area contributed by atoms with Gasteiger partial charge in [0.2, 0.25) is 5.91 Å². The third kappa shape index (κ3) is 3.64. The maximum absolute atomic E-state index is 13.1. The number of aryl methyl sites for hydroxylation is 2. The summed E-state index contributed by atoms with van der Waals surface area (Å²) in [6.45, 7) is 0.801. The van der Waals surface area contributed by atoms with Crippen molar-refractivity contribution in [2.45, 2.75) is 43.6 Å². The molecule has 0 radical (unpaired) electrons. The largest absolute Gasteiger partial charge is 0.311 e. The van der Waals surface area contributed by atoms with Crippen LogP contribution in [-0.2, 0) is 24.1 Å². The van der Waals surface area contributed by atoms with E-state index < -0.39 is 0 Å². The Bertz CT molecular complexity index is 1100. The molecule has 1 aromatic heterocycles. The zero-order valence-electron chi connectivity index (χ0n) is 16.3. The maximum Gasteiger partial charge on any atom is 0.237 e. The molecule has 0 fully saturated rings. The molecule has 0 N–H and O–H groups in total. The van der Waals surface area contributed by atoms with E-state index in [9.17, 15) is 4.79 Å². The molecule has 1 amide bonds. The highest BCUT2D eigenvalue weighted by Crippen LogP contribution is 2.36. The molecule has 1 aliphatic carbocycles. The molecule has 148 valence electrons. The molecule has 5 rings (SSSR count). The number of aromatic nitrogens is 1. The molecule has 3 aromatic rings. The summed E-state index contributed by atoms with van der Waals surface area (Å²) < 4.78 is 0. The van der Waals surface area contributed by atoms with Crippen LogP contribution in [0.1, 0.15) is 36.0 Å². The number of hydrogen-bond donors (Lipinski definition) is 0. The number of pyridine rings is 1. The van der Waals surface area contributed by atoms with Gasteiger partial charge in [0.1, 0.15) is 5.03 Å². The molecule has 0 saturated carbocycles. The number of nitrogens with zero attached hydrogens (tertiary/aromatic N) is 2. The fourth-order valence-electron chi connectivity index (χ4n) is 4.59. The molecule has 5 heteroatoms. The van der Waals surface area contributed by atoms with Crippen molar-refractivity contribution < 1.29 is 4.79 Å². The Kier molecular flexibility index (Phi) is 5.23. The van der Waals surface area contributed by atoms with Crippen LogP contribution >= 0.6 is 23.4 Å². The average Bonchev–Trinajstić information content (AvgIpc) is 2.76. The van der Waals surface area contributed by atoms with Crippen LogP contribution in [-0.4, -0.2) is 23.2 Å². The van der Waals surface area contributed by atoms with Gasteiger partial charge < -0.3 is 4.90 Å². The molecule has 0 saturated heterocycles. The van der Waals surface area contributed by atoms with Gasteiger partial charge in [-0.15, -0.1) is 0 Å². The van der Waals surface area contributed by atoms with Crippen molar-refractivity contribution in [3.8, 4) is 0 Å². The molecule has 0 atom stereocenters. The third-order valence-corrected chi connectivity index (χ3v) is 7.21. The normalized spacial score (nSPS) is 15.8. The van der Waals surface area contributed by atoms with Gasteiger partial charge >= 0.3 is 0 Å². The number of anilines is 1. The van der Waals surface area contributed by atoms with Crippen LogP contribution in [0.2, 0.25) is 5.02 Å². The van der Waals surface area contributed by atoms with Crippen molar-refractivity contribution in [2.24, 2.45) is 0 Å². The minimum absolute atomic E-state index is 0.166. The standard InChI is InChI=1S/C24H23ClN2OS/c25-17-11-12-19-18-8-2-3-9-20(18)24(26-21(19)14-17)29-15-23(28)27-13-5-7-16-6-1-4-10-22(16)27/h1,4,6,10-12,14H,2-3,5,7-9,13,15H2. The summed E-state index contributed by atoms with van der Waals surface area (Å²) in [5.74, 6) is 0.583. The second-order valence-electron chi connectivity index (χ2n) is 7.81. The highest BCUT2D eigenvalue weighted by molar-refractivity contribution is 8.00. The van der Waals surface area contributed by atoms with Gasteiger partial charge in [0.25, 0.3) is 0 Å². The van der Waals surface area contributed by atoms with Crippen LogP contribution in [0.4, 0.5) is 5.69 Å². The Morgan fingerprint density at radius 3 is 2.76 bits per heavy atom. The van der Waals surface area contributed by atoms with Crippen molar-refractivity contribution >= 4 is 45.9 Å². The Balaban J connectivity index is 1.43. The van der Waals surface area contributed by atoms with E-state index in [0.717, 1.165) is 48.5 Å². The predicted octanol–water partition coefficient (Wildman–Crippen LogP) is 5.84. The summed E-state index contributed by atoms with van der Waals surface area (Å²) in [6.07, 6.45) is 6.60. The van der Waals surface area contributed by atoms with Crippen molar-refractivity contribution in [3.05, 3.63) is 64.2 Å². The van der Waals surface area contributed by atoms with Crippen molar-refractivity contribution in [2.75, 3.05) is 17.2 Å². The fourth-order valence-corrected chi connectivity index (χ4v) is 5.73. The zero-order valence-corrected chi connectivity index (χ0v) is 17.9. The third-order valence-electron chi connectivity index (χ3n) is 5.98. The lowest BCUT2D eigenvalue weighted by Crippen LogP contribution is -2.36. The molecular weight excluding hydrogens is 400 g/mol. The van der Waals surface area contributed by atoms with Gasteiger partial charge in [-0.1, -0.05) is 47.6 Å². The summed E-state index contributed by atoms with van der Waals surface area (Å²) in [5.41, 5.74) is 6.02. The minimum atomic E-state index is 0.166. The average molecular weight is 423 g/mol. The van der Waals surface area contributed by atoms with E-state index in [0.29, 0.717) is 10.8 Å². The number of thioether (sulfide) groups is 1. The molecule has 0 unspecified atom stereocenters. The first kappa shape index (κ1) is 19.0. The molecule has 2 heterocycles. The summed E-state index contributed by atoms with van der Waals surface area (Å²) in [4.78, 5) is 19.9. The lowest BCUT2D eigenvalue weighted by molar-refractivity contribution is -0.116. The molecule has 3 nitrogen and oxygen atoms in total. The summed E-state index contributed by atoms with van der Waals surface area (Å²) in [5, 5.41) is 2.93. The Labute approximate surface area is 180 Å². The number of carbonyl (C=O) groups is 1. The van der Waals surface area contributed by atoms with Crippen molar-refractivity contribution in [1.82, 2.24) is 4.98 Å². The number of carbonyl (C=O) groups excluding carboxylic acids is 1. The zero-order chi connectivity index (χ0) is 19.8. The molecule has 2 aromatic carbocycles. The Hall–Kier alpha value is -2.04. The van der Waals surface area contributed by atoms with Crippen LogP contribution in [0.25, 0.3) is 10.9 Å². The lowest BCUT2D eigenvalue weighted by Gasteiger charge is -2.29. The van der Waals surface area contributed by atoms with Crippen LogP contribution < -0.4 is 4.90 Å². The van der Waals surface area contributed by atoms with E-state index in [1.54, 1.807) is 11.8 Å². The van der Waals surface area contributed by atoms with E-state index in [1.165, 1.54) is 34.9 Å². The van der Waals surface area contributed by atoms with Crippen LogP contribution in [0, 0.1) is 0 Å². The topological polar surface area (TPSA) is 33.2 Å². The quantitative estimate of drug-likeness (QED) is 0.497. The fraction of sp³-hybridized carbons (Fsp3) is 0.333. The predicted molar refractivity (Wildman–Crippen MR) is 121 cm³/mol. The number of hydrogen-bond acceptors (Lipinski definition) is 3. The van der Waals surface area contributed by atoms with Crippen LogP contribution in [0.3, 0.4) is 0 Å². The minimum Gasteiger partial charge on any atom is -0.311 e. The molecular formula is C24H23ClN2OS. The van der Waals surface area contributed by atoms with Crippen LogP contribution in [0.15, 0.2) is 47.5 Å². The molecule has 29 heavy (non-hydrogen) atoms. The second-order valence-corrected chi connectivity index (χ2v) is 9.21. The number of fused-ring (bicyclic) bond motifs is 4. The molecule has 1 aliphatic heterocycles. The van der Waals surface area contributed by atoms with E-state index in [1.807, 2.05) is 23.1 Å². The summed E-state index contributed by atoms with van der Waals surface area (Å²) >= 11 is 7.81. The maximum atomic E-state index is 13.1. The van der Waals surface area contributed by atoms with Gasteiger partial charge in [-0.05, 0) is 73.4 Å². The number of rotatable bonds is 3. The van der Waals surface area contributed by atoms with Gasteiger partial charge in [0, 0.05) is 22.6 Å². The van der Waals surface area contributed by atoms with Crippen molar-refractivity contribution in [3.63, 3.8) is 0 Å². The molecule has 0 bridgehead atoms. The first-order valence-corrected chi connectivity index (χ1v) is 11.7. The van der Waals surface area contributed by atoms with Crippen LogP contribution in [0.5, 0.6) is 0 Å². The number of halogens is 1. The van der Waals surface area contributed by atoms with Gasteiger partial charge in [0.05, 0.1) is 11.3 Å². The Morgan fingerprint density at radius 2 is 1.86 bits per heavy atom. The van der Waals surface area contributed by atoms with Gasteiger partial charge in [-0.3, -0.25) is 4.79 Å². The van der Waals surface area contributed by atoms with Gasteiger partial charge in [-0.25, -0.2) is 4.98 Å². The van der Waals surface area contributed by atoms with Gasteiger partial charge in [-0.2, -0.15) is 0 Å². The number of benzene rings is 2. The molecule has 0 spiro atoms. The summed E-state index contributed by atoms with van der Waals surface area (Å²) in [6, 6.07) is 14.3. The second kappa shape index (κ2) is 8.00. The van der Waals surface area contributed by atoms with E-state index in [4.69, 9.17) is 16.6 Å². The first-order valence-electron chi connectivity index (χ1n) is 10.3. The number of para-hydroxylation sites is 1. The monoisotopic (exact) mass is 422 g/mol. The lowest BCUT2D eigenvalue weighted by atomic mass is 9.90. The summed E-state index contributed by atoms with van der Waals surface area (Å²) in [7, 11) is 0. The highest BCUT2D eigenvalue weighted by Gasteiger charge is 2.24. The van der Waals surface area contributed by atoms with E-state index in [-0.39, 0.29) is 5.91 Å². The number of amides is 1. The van der Waals surface area contributed by atoms with E-state index >= 15 is 0 Å². The smallest absolute Gasteiger partial charge is 0.237 e. The molecule has 2 aliphatic rings. The van der Waals surface area contributed by atoms with Gasteiger partial charge in [0.15, 0.2) is 0 Å².